The Bertz CT molecular complexity index is 867. The lowest BCUT2D eigenvalue weighted by atomic mass is 9.85. The van der Waals surface area contributed by atoms with Gasteiger partial charge in [-0.1, -0.05) is 55.5 Å². The van der Waals surface area contributed by atoms with E-state index in [4.69, 9.17) is 9.72 Å². The molecule has 3 rings (SSSR count). The van der Waals surface area contributed by atoms with Crippen molar-refractivity contribution in [2.45, 2.75) is 25.4 Å². The number of aliphatic hydroxyl groups excluding tert-OH is 1. The molecule has 0 bridgehead atoms. The summed E-state index contributed by atoms with van der Waals surface area (Å²) in [5.74, 6) is 0.383. The van der Waals surface area contributed by atoms with Crippen molar-refractivity contribution in [1.29, 1.82) is 0 Å². The summed E-state index contributed by atoms with van der Waals surface area (Å²) in [5.41, 5.74) is 2.89. The number of aromatic nitrogens is 1. The number of pyridine rings is 1. The molecule has 2 unspecified atom stereocenters. The van der Waals surface area contributed by atoms with E-state index in [1.165, 1.54) is 0 Å². The number of fused-ring (bicyclic) bond motifs is 1. The van der Waals surface area contributed by atoms with Crippen LogP contribution in [0.1, 0.15) is 30.4 Å². The minimum absolute atomic E-state index is 0.191. The molecule has 27 heavy (non-hydrogen) atoms. The number of methoxy groups -OCH3 is 1. The van der Waals surface area contributed by atoms with Gasteiger partial charge in [-0.3, -0.25) is 0 Å². The van der Waals surface area contributed by atoms with Crippen molar-refractivity contribution in [3.05, 3.63) is 71.8 Å². The van der Waals surface area contributed by atoms with Crippen LogP contribution in [-0.4, -0.2) is 48.3 Å². The Balaban J connectivity index is 2.06. The number of benzene rings is 2. The van der Waals surface area contributed by atoms with E-state index in [0.717, 1.165) is 35.1 Å². The maximum Gasteiger partial charge on any atom is 0.217 e. The lowest BCUT2D eigenvalue weighted by Crippen LogP contribution is -2.27. The van der Waals surface area contributed by atoms with Gasteiger partial charge in [0.15, 0.2) is 0 Å². The van der Waals surface area contributed by atoms with Gasteiger partial charge in [0.2, 0.25) is 5.88 Å². The molecule has 4 heteroatoms. The predicted octanol–water partition coefficient (Wildman–Crippen LogP) is 4.08. The number of rotatable bonds is 8. The third-order valence-corrected chi connectivity index (χ3v) is 5.13. The maximum absolute atomic E-state index is 11.1. The van der Waals surface area contributed by atoms with Gasteiger partial charge in [0.1, 0.15) is 0 Å². The zero-order chi connectivity index (χ0) is 19.2. The largest absolute Gasteiger partial charge is 0.481 e. The zero-order valence-electron chi connectivity index (χ0n) is 16.3. The molecular formula is C23H28N2O2. The second-order valence-corrected chi connectivity index (χ2v) is 6.92. The summed E-state index contributed by atoms with van der Waals surface area (Å²) < 4.78 is 5.62. The lowest BCUT2D eigenvalue weighted by molar-refractivity contribution is 0.131. The Morgan fingerprint density at radius 2 is 1.78 bits per heavy atom. The summed E-state index contributed by atoms with van der Waals surface area (Å²) >= 11 is 0. The molecule has 2 aromatic carbocycles. The second-order valence-electron chi connectivity index (χ2n) is 6.92. The van der Waals surface area contributed by atoms with E-state index in [1.54, 1.807) is 7.11 Å². The van der Waals surface area contributed by atoms with Crippen molar-refractivity contribution in [2.24, 2.45) is 0 Å². The topological polar surface area (TPSA) is 45.6 Å². The molecule has 2 atom stereocenters. The van der Waals surface area contributed by atoms with Gasteiger partial charge in [-0.05, 0) is 37.7 Å². The zero-order valence-corrected chi connectivity index (χ0v) is 16.3. The number of hydrogen-bond donors (Lipinski definition) is 1. The van der Waals surface area contributed by atoms with Crippen molar-refractivity contribution >= 4 is 10.9 Å². The highest BCUT2D eigenvalue weighted by Gasteiger charge is 2.27. The van der Waals surface area contributed by atoms with Crippen LogP contribution in [0.5, 0.6) is 5.88 Å². The highest BCUT2D eigenvalue weighted by atomic mass is 16.5. The van der Waals surface area contributed by atoms with E-state index in [2.05, 4.69) is 37.1 Å². The first-order chi connectivity index (χ1) is 13.1. The van der Waals surface area contributed by atoms with Gasteiger partial charge in [-0.2, -0.15) is 0 Å². The third-order valence-electron chi connectivity index (χ3n) is 5.13. The fraction of sp³-hybridized carbons (Fsp3) is 0.348. The average molecular weight is 364 g/mol. The molecule has 0 amide bonds. The summed E-state index contributed by atoms with van der Waals surface area (Å²) in [7, 11) is 3.71. The summed E-state index contributed by atoms with van der Waals surface area (Å²) in [4.78, 5) is 6.90. The van der Waals surface area contributed by atoms with E-state index in [9.17, 15) is 5.11 Å². The van der Waals surface area contributed by atoms with Crippen molar-refractivity contribution in [3.63, 3.8) is 0 Å². The van der Waals surface area contributed by atoms with Crippen LogP contribution in [0.3, 0.4) is 0 Å². The molecule has 142 valence electrons. The Morgan fingerprint density at radius 3 is 2.48 bits per heavy atom. The van der Waals surface area contributed by atoms with E-state index in [1.807, 2.05) is 42.5 Å². The van der Waals surface area contributed by atoms with Crippen LogP contribution in [0.25, 0.3) is 10.9 Å². The quantitative estimate of drug-likeness (QED) is 0.654. The monoisotopic (exact) mass is 364 g/mol. The van der Waals surface area contributed by atoms with Crippen LogP contribution in [0.4, 0.5) is 0 Å². The predicted molar refractivity (Wildman–Crippen MR) is 110 cm³/mol. The third kappa shape index (κ3) is 4.46. The number of para-hydroxylation sites is 1. The van der Waals surface area contributed by atoms with Crippen molar-refractivity contribution in [3.8, 4) is 5.88 Å². The number of ether oxygens (including phenoxy) is 1. The highest BCUT2D eigenvalue weighted by Crippen LogP contribution is 2.36. The highest BCUT2D eigenvalue weighted by molar-refractivity contribution is 5.80. The number of aliphatic hydroxyl groups is 1. The van der Waals surface area contributed by atoms with E-state index in [0.29, 0.717) is 12.3 Å². The van der Waals surface area contributed by atoms with Crippen molar-refractivity contribution < 1.29 is 9.84 Å². The van der Waals surface area contributed by atoms with Crippen LogP contribution < -0.4 is 4.74 Å². The molecule has 1 N–H and O–H groups in total. The van der Waals surface area contributed by atoms with Gasteiger partial charge in [-0.15, -0.1) is 0 Å². The summed E-state index contributed by atoms with van der Waals surface area (Å²) in [5, 5.41) is 12.2. The van der Waals surface area contributed by atoms with Gasteiger partial charge >= 0.3 is 0 Å². The van der Waals surface area contributed by atoms with Crippen LogP contribution in [0.15, 0.2) is 60.7 Å². The first-order valence-corrected chi connectivity index (χ1v) is 9.49. The lowest BCUT2D eigenvalue weighted by Gasteiger charge is -2.27. The molecular weight excluding hydrogens is 336 g/mol. The number of hydrogen-bond acceptors (Lipinski definition) is 4. The molecule has 0 radical (unpaired) electrons. The molecule has 0 aliphatic carbocycles. The maximum atomic E-state index is 11.1. The van der Waals surface area contributed by atoms with Crippen LogP contribution >= 0.6 is 0 Å². The van der Waals surface area contributed by atoms with Crippen molar-refractivity contribution in [2.75, 3.05) is 27.2 Å². The fourth-order valence-corrected chi connectivity index (χ4v) is 3.45. The Morgan fingerprint density at radius 1 is 1.07 bits per heavy atom. The van der Waals surface area contributed by atoms with E-state index < -0.39 is 6.10 Å². The molecule has 1 heterocycles. The van der Waals surface area contributed by atoms with E-state index >= 15 is 0 Å². The minimum atomic E-state index is -0.529. The summed E-state index contributed by atoms with van der Waals surface area (Å²) in [6.45, 7) is 3.92. The molecule has 0 fully saturated rings. The molecule has 1 aromatic heterocycles. The average Bonchev–Trinajstić information content (AvgIpc) is 2.72. The molecule has 3 aromatic rings. The number of nitrogens with zero attached hydrogens (tertiary/aromatic N) is 2. The first kappa shape index (κ1) is 19.3. The van der Waals surface area contributed by atoms with Gasteiger partial charge in [0.25, 0.3) is 0 Å². The summed E-state index contributed by atoms with van der Waals surface area (Å²) in [6, 6.07) is 20.2. The molecule has 0 spiro atoms. The summed E-state index contributed by atoms with van der Waals surface area (Å²) in [6.07, 6.45) is 0.151. The smallest absolute Gasteiger partial charge is 0.217 e. The fourth-order valence-electron chi connectivity index (χ4n) is 3.45. The molecule has 0 saturated carbocycles. The first-order valence-electron chi connectivity index (χ1n) is 9.49. The van der Waals surface area contributed by atoms with Gasteiger partial charge in [0, 0.05) is 23.4 Å². The van der Waals surface area contributed by atoms with E-state index in [-0.39, 0.29) is 5.92 Å². The molecule has 0 saturated heterocycles. The van der Waals surface area contributed by atoms with Crippen LogP contribution in [0.2, 0.25) is 0 Å². The second kappa shape index (κ2) is 8.98. The SMILES string of the molecule is CCN(C)CCC(O)C(c1ccccc1)c1cc2ccccc2nc1OC. The Labute approximate surface area is 161 Å². The van der Waals surface area contributed by atoms with Crippen LogP contribution in [0, 0.1) is 0 Å². The van der Waals surface area contributed by atoms with Gasteiger partial charge < -0.3 is 14.7 Å². The Hall–Kier alpha value is -2.43. The van der Waals surface area contributed by atoms with Gasteiger partial charge in [0.05, 0.1) is 18.7 Å². The Kier molecular flexibility index (Phi) is 6.43. The normalized spacial score (nSPS) is 13.7. The molecule has 0 aliphatic heterocycles. The minimum Gasteiger partial charge on any atom is -0.481 e. The standard InChI is InChI=1S/C23H28N2O2/c1-4-25(2)15-14-21(26)22(17-10-6-5-7-11-17)19-16-18-12-8-9-13-20(18)24-23(19)27-3/h5-13,16,21-22,26H,4,14-15H2,1-3H3. The molecule has 4 nitrogen and oxygen atoms in total. The van der Waals surface area contributed by atoms with Crippen molar-refractivity contribution in [1.82, 2.24) is 9.88 Å². The van der Waals surface area contributed by atoms with Crippen LogP contribution in [-0.2, 0) is 0 Å². The van der Waals surface area contributed by atoms with Gasteiger partial charge in [-0.25, -0.2) is 4.98 Å². The molecule has 0 aliphatic rings.